The van der Waals surface area contributed by atoms with Crippen LogP contribution in [0.1, 0.15) is 16.8 Å². The second kappa shape index (κ2) is 9.20. The van der Waals surface area contributed by atoms with Crippen LogP contribution in [0.5, 0.6) is 0 Å². The molecule has 0 radical (unpaired) electrons. The number of nitrogens with one attached hydrogen (secondary N) is 2. The molecule has 0 fully saturated rings. The molecule has 0 saturated heterocycles. The Morgan fingerprint density at radius 1 is 1.17 bits per heavy atom. The largest absolute Gasteiger partial charge is 0.354 e. The van der Waals surface area contributed by atoms with Gasteiger partial charge in [-0.25, -0.2) is 14.4 Å². The van der Waals surface area contributed by atoms with Gasteiger partial charge in [-0.1, -0.05) is 17.8 Å². The summed E-state index contributed by atoms with van der Waals surface area (Å²) in [5, 5.41) is 18.7. The molecule has 1 aliphatic rings. The third kappa shape index (κ3) is 4.64. The lowest BCUT2D eigenvalue weighted by Gasteiger charge is -2.09. The lowest BCUT2D eigenvalue weighted by molar-refractivity contribution is 0.627. The van der Waals surface area contributed by atoms with Crippen LogP contribution in [0, 0.1) is 17.1 Å². The zero-order valence-electron chi connectivity index (χ0n) is 15.8. The fourth-order valence-corrected chi connectivity index (χ4v) is 3.73. The molecule has 2 N–H and O–H groups in total. The van der Waals surface area contributed by atoms with E-state index in [1.807, 2.05) is 23.7 Å². The van der Waals surface area contributed by atoms with Crippen LogP contribution in [0.3, 0.4) is 0 Å². The van der Waals surface area contributed by atoms with Gasteiger partial charge >= 0.3 is 0 Å². The van der Waals surface area contributed by atoms with Gasteiger partial charge in [0.15, 0.2) is 0 Å². The van der Waals surface area contributed by atoms with Crippen molar-refractivity contribution in [3.8, 4) is 6.07 Å². The number of nitriles is 1. The molecule has 148 valence electrons. The number of pyridine rings is 1. The zero-order valence-corrected chi connectivity index (χ0v) is 16.7. The van der Waals surface area contributed by atoms with Crippen molar-refractivity contribution >= 4 is 29.0 Å². The van der Waals surface area contributed by atoms with E-state index in [1.54, 1.807) is 30.6 Å². The number of rotatable bonds is 6. The molecule has 30 heavy (non-hydrogen) atoms. The number of benzene rings is 1. The van der Waals surface area contributed by atoms with Crippen LogP contribution in [0.2, 0.25) is 0 Å². The third-order valence-corrected chi connectivity index (χ3v) is 5.26. The maximum Gasteiger partial charge on any atom is 0.223 e. The Morgan fingerprint density at radius 2 is 2.03 bits per heavy atom. The van der Waals surface area contributed by atoms with E-state index in [0.29, 0.717) is 28.8 Å². The van der Waals surface area contributed by atoms with Crippen LogP contribution >= 0.6 is 11.8 Å². The highest BCUT2D eigenvalue weighted by molar-refractivity contribution is 8.06. The van der Waals surface area contributed by atoms with Crippen molar-refractivity contribution in [2.24, 2.45) is 0 Å². The molecule has 0 saturated carbocycles. The summed E-state index contributed by atoms with van der Waals surface area (Å²) in [6.45, 7) is 0.650. The van der Waals surface area contributed by atoms with Crippen molar-refractivity contribution in [2.45, 2.75) is 6.42 Å². The van der Waals surface area contributed by atoms with Crippen molar-refractivity contribution < 1.29 is 4.39 Å². The summed E-state index contributed by atoms with van der Waals surface area (Å²) in [5.41, 5.74) is 3.72. The highest BCUT2D eigenvalue weighted by Crippen LogP contribution is 2.34. The van der Waals surface area contributed by atoms with Crippen LogP contribution in [-0.4, -0.2) is 21.5 Å². The summed E-state index contributed by atoms with van der Waals surface area (Å²) in [4.78, 5) is 12.8. The normalized spacial score (nSPS) is 14.5. The van der Waals surface area contributed by atoms with Crippen LogP contribution in [0.15, 0.2) is 71.5 Å². The van der Waals surface area contributed by atoms with E-state index in [2.05, 4.69) is 31.7 Å². The van der Waals surface area contributed by atoms with Crippen LogP contribution < -0.4 is 10.6 Å². The Kier molecular flexibility index (Phi) is 6.01. The third-order valence-electron chi connectivity index (χ3n) is 4.37. The number of anilines is 1. The van der Waals surface area contributed by atoms with Gasteiger partial charge in [-0.15, -0.1) is 0 Å². The lowest BCUT2D eigenvalue weighted by atomic mass is 10.1. The molecule has 1 aromatic carbocycles. The molecular formula is C22H17FN6S. The van der Waals surface area contributed by atoms with E-state index in [0.717, 1.165) is 23.2 Å². The molecule has 6 nitrogen and oxygen atoms in total. The standard InChI is InChI=1S/C22H17FN6S/c23-17-5-3-16(4-6-17)20-14-30-21(28-20)18(12-24)19-8-11-27-22(29-19)26-10-7-15-2-1-9-25-13-15/h1-6,8-9,11,13-14,28H,7,10H2,(H,26,27,29)/b21-18-. The van der Waals surface area contributed by atoms with Gasteiger partial charge < -0.3 is 10.6 Å². The van der Waals surface area contributed by atoms with Gasteiger partial charge in [-0.2, -0.15) is 5.26 Å². The van der Waals surface area contributed by atoms with Crippen molar-refractivity contribution in [3.63, 3.8) is 0 Å². The number of thioether (sulfide) groups is 1. The first kappa shape index (κ1) is 19.6. The monoisotopic (exact) mass is 416 g/mol. The van der Waals surface area contributed by atoms with Gasteiger partial charge in [-0.05, 0) is 53.9 Å². The van der Waals surface area contributed by atoms with Gasteiger partial charge in [0, 0.05) is 30.5 Å². The number of hydrogen-bond acceptors (Lipinski definition) is 7. The Bertz CT molecular complexity index is 1140. The number of nitrogens with zero attached hydrogens (tertiary/aromatic N) is 4. The highest BCUT2D eigenvalue weighted by Gasteiger charge is 2.18. The summed E-state index contributed by atoms with van der Waals surface area (Å²) in [5.74, 6) is 0.169. The van der Waals surface area contributed by atoms with Gasteiger partial charge in [0.1, 0.15) is 17.5 Å². The van der Waals surface area contributed by atoms with E-state index in [-0.39, 0.29) is 5.82 Å². The molecule has 0 atom stereocenters. The SMILES string of the molecule is N#C/C(=C1\NC(c2ccc(F)cc2)=CS1)c1ccnc(NCCc2cccnc2)n1. The predicted octanol–water partition coefficient (Wildman–Crippen LogP) is 4.19. The minimum absolute atomic E-state index is 0.289. The van der Waals surface area contributed by atoms with Crippen molar-refractivity contribution in [1.29, 1.82) is 5.26 Å². The first-order valence-electron chi connectivity index (χ1n) is 9.23. The molecule has 8 heteroatoms. The minimum Gasteiger partial charge on any atom is -0.354 e. The molecule has 0 amide bonds. The van der Waals surface area contributed by atoms with Crippen LogP contribution in [0.25, 0.3) is 11.3 Å². The second-order valence-corrected chi connectivity index (χ2v) is 7.28. The molecule has 0 spiro atoms. The second-order valence-electron chi connectivity index (χ2n) is 6.40. The Labute approximate surface area is 177 Å². The first-order chi connectivity index (χ1) is 14.7. The molecular weight excluding hydrogens is 399 g/mol. The summed E-state index contributed by atoms with van der Waals surface area (Å²) in [6.07, 6.45) is 5.98. The van der Waals surface area contributed by atoms with Crippen molar-refractivity contribution in [3.05, 3.63) is 94.1 Å². The fraction of sp³-hybridized carbons (Fsp3) is 0.0909. The molecule has 0 unspecified atom stereocenters. The summed E-state index contributed by atoms with van der Waals surface area (Å²) < 4.78 is 13.2. The highest BCUT2D eigenvalue weighted by atomic mass is 32.2. The Hall–Kier alpha value is -3.70. The molecule has 1 aliphatic heterocycles. The molecule has 3 aromatic rings. The maximum absolute atomic E-state index is 13.2. The number of aromatic nitrogens is 3. The molecule has 3 heterocycles. The van der Waals surface area contributed by atoms with E-state index in [4.69, 9.17) is 0 Å². The smallest absolute Gasteiger partial charge is 0.223 e. The Morgan fingerprint density at radius 3 is 2.80 bits per heavy atom. The lowest BCUT2D eigenvalue weighted by Crippen LogP contribution is -2.10. The first-order valence-corrected chi connectivity index (χ1v) is 10.1. The minimum atomic E-state index is -0.289. The zero-order chi connectivity index (χ0) is 20.8. The summed E-state index contributed by atoms with van der Waals surface area (Å²) in [7, 11) is 0. The average molecular weight is 416 g/mol. The molecule has 2 aromatic heterocycles. The van der Waals surface area contributed by atoms with Gasteiger partial charge in [-0.3, -0.25) is 4.98 Å². The van der Waals surface area contributed by atoms with E-state index >= 15 is 0 Å². The predicted molar refractivity (Wildman–Crippen MR) is 116 cm³/mol. The maximum atomic E-state index is 13.2. The number of hydrogen-bond donors (Lipinski definition) is 2. The quantitative estimate of drug-likeness (QED) is 0.583. The van der Waals surface area contributed by atoms with Gasteiger partial charge in [0.25, 0.3) is 0 Å². The van der Waals surface area contributed by atoms with Crippen LogP contribution in [-0.2, 0) is 6.42 Å². The van der Waals surface area contributed by atoms with E-state index in [9.17, 15) is 9.65 Å². The van der Waals surface area contributed by atoms with Crippen LogP contribution in [0.4, 0.5) is 10.3 Å². The average Bonchev–Trinajstić information content (AvgIpc) is 3.26. The van der Waals surface area contributed by atoms with Crippen molar-refractivity contribution in [2.75, 3.05) is 11.9 Å². The Balaban J connectivity index is 1.46. The topological polar surface area (TPSA) is 86.5 Å². The summed E-state index contributed by atoms with van der Waals surface area (Å²) >= 11 is 1.40. The van der Waals surface area contributed by atoms with E-state index < -0.39 is 0 Å². The van der Waals surface area contributed by atoms with Gasteiger partial charge in [0.05, 0.1) is 16.4 Å². The molecule has 0 aliphatic carbocycles. The van der Waals surface area contributed by atoms with E-state index in [1.165, 1.54) is 23.9 Å². The molecule has 0 bridgehead atoms. The summed E-state index contributed by atoms with van der Waals surface area (Å²) in [6, 6.07) is 14.0. The number of halogens is 1. The van der Waals surface area contributed by atoms with Gasteiger partial charge in [0.2, 0.25) is 5.95 Å². The molecule has 4 rings (SSSR count). The fourth-order valence-electron chi connectivity index (χ4n) is 2.86. The number of allylic oxidation sites excluding steroid dienone is 1. The van der Waals surface area contributed by atoms with Crippen molar-refractivity contribution in [1.82, 2.24) is 20.3 Å².